The highest BCUT2D eigenvalue weighted by molar-refractivity contribution is 6.30. The normalized spacial score (nSPS) is 12.3. The van der Waals surface area contributed by atoms with Crippen LogP contribution in [0.15, 0.2) is 60.7 Å². The van der Waals surface area contributed by atoms with Crippen molar-refractivity contribution in [1.82, 2.24) is 5.32 Å². The van der Waals surface area contributed by atoms with Gasteiger partial charge in [0.1, 0.15) is 0 Å². The third-order valence-corrected chi connectivity index (χ3v) is 3.50. The standard InChI is InChI=1S/C18H18ClNO/c1-14(16-5-3-2-4-6-16)13-20-18(21)12-9-15-7-10-17(19)11-8-15/h2-12,14H,13H2,1H3,(H,20,21)/b12-9+/t14-/m1/s1. The van der Waals surface area contributed by atoms with Gasteiger partial charge in [0.15, 0.2) is 0 Å². The van der Waals surface area contributed by atoms with E-state index in [0.29, 0.717) is 17.5 Å². The Morgan fingerprint density at radius 3 is 2.48 bits per heavy atom. The molecule has 0 bridgehead atoms. The maximum Gasteiger partial charge on any atom is 0.244 e. The Morgan fingerprint density at radius 2 is 1.81 bits per heavy atom. The Balaban J connectivity index is 1.83. The van der Waals surface area contributed by atoms with Crippen molar-refractivity contribution in [2.75, 3.05) is 6.54 Å². The summed E-state index contributed by atoms with van der Waals surface area (Å²) in [6.45, 7) is 2.71. The fraction of sp³-hybridized carbons (Fsp3) is 0.167. The van der Waals surface area contributed by atoms with Crippen LogP contribution in [0.1, 0.15) is 24.0 Å². The molecule has 0 aliphatic rings. The molecule has 0 heterocycles. The van der Waals surface area contributed by atoms with Crippen LogP contribution in [0.5, 0.6) is 0 Å². The number of hydrogen-bond acceptors (Lipinski definition) is 1. The first-order valence-corrected chi connectivity index (χ1v) is 7.29. The molecule has 1 N–H and O–H groups in total. The average Bonchev–Trinajstić information content (AvgIpc) is 2.53. The van der Waals surface area contributed by atoms with Crippen LogP contribution in [0.3, 0.4) is 0 Å². The Morgan fingerprint density at radius 1 is 1.14 bits per heavy atom. The minimum absolute atomic E-state index is 0.0901. The van der Waals surface area contributed by atoms with Gasteiger partial charge < -0.3 is 5.32 Å². The van der Waals surface area contributed by atoms with Gasteiger partial charge in [0.2, 0.25) is 5.91 Å². The highest BCUT2D eigenvalue weighted by atomic mass is 35.5. The fourth-order valence-corrected chi connectivity index (χ4v) is 2.08. The lowest BCUT2D eigenvalue weighted by Gasteiger charge is -2.11. The van der Waals surface area contributed by atoms with Crippen molar-refractivity contribution in [1.29, 1.82) is 0 Å². The molecule has 0 saturated heterocycles. The molecule has 0 aliphatic carbocycles. The number of halogens is 1. The van der Waals surface area contributed by atoms with E-state index < -0.39 is 0 Å². The van der Waals surface area contributed by atoms with E-state index >= 15 is 0 Å². The number of carbonyl (C=O) groups is 1. The van der Waals surface area contributed by atoms with Gasteiger partial charge in [-0.3, -0.25) is 4.79 Å². The number of carbonyl (C=O) groups excluding carboxylic acids is 1. The van der Waals surface area contributed by atoms with Crippen molar-refractivity contribution in [3.05, 3.63) is 76.8 Å². The van der Waals surface area contributed by atoms with Crippen molar-refractivity contribution < 1.29 is 4.79 Å². The highest BCUT2D eigenvalue weighted by Gasteiger charge is 2.05. The molecule has 0 fully saturated rings. The molecule has 0 saturated carbocycles. The second-order valence-corrected chi connectivity index (χ2v) is 5.38. The molecule has 2 aromatic carbocycles. The van der Waals surface area contributed by atoms with Gasteiger partial charge >= 0.3 is 0 Å². The summed E-state index contributed by atoms with van der Waals surface area (Å²) in [6, 6.07) is 17.5. The predicted octanol–water partition coefficient (Wildman–Crippen LogP) is 4.27. The zero-order valence-electron chi connectivity index (χ0n) is 11.9. The van der Waals surface area contributed by atoms with Crippen LogP contribution >= 0.6 is 11.6 Å². The van der Waals surface area contributed by atoms with Gasteiger partial charge in [-0.15, -0.1) is 0 Å². The summed E-state index contributed by atoms with van der Waals surface area (Å²) in [4.78, 5) is 11.8. The largest absolute Gasteiger partial charge is 0.352 e. The van der Waals surface area contributed by atoms with E-state index in [0.717, 1.165) is 5.56 Å². The number of hydrogen-bond donors (Lipinski definition) is 1. The first-order valence-electron chi connectivity index (χ1n) is 6.91. The van der Waals surface area contributed by atoms with Crippen molar-refractivity contribution in [3.63, 3.8) is 0 Å². The number of nitrogens with one attached hydrogen (secondary N) is 1. The molecule has 0 spiro atoms. The number of benzene rings is 2. The monoisotopic (exact) mass is 299 g/mol. The molecule has 2 nitrogen and oxygen atoms in total. The summed E-state index contributed by atoms with van der Waals surface area (Å²) in [5.74, 6) is 0.201. The second-order valence-electron chi connectivity index (χ2n) is 4.94. The molecule has 1 amide bonds. The molecule has 108 valence electrons. The molecule has 2 rings (SSSR count). The van der Waals surface area contributed by atoms with Crippen LogP contribution in [-0.4, -0.2) is 12.5 Å². The smallest absolute Gasteiger partial charge is 0.244 e. The van der Waals surface area contributed by atoms with E-state index in [2.05, 4.69) is 24.4 Å². The quantitative estimate of drug-likeness (QED) is 0.821. The maximum atomic E-state index is 11.8. The Kier molecular flexibility index (Phi) is 5.59. The molecular weight excluding hydrogens is 282 g/mol. The summed E-state index contributed by atoms with van der Waals surface area (Å²) in [5, 5.41) is 3.60. The summed E-state index contributed by atoms with van der Waals surface area (Å²) < 4.78 is 0. The van der Waals surface area contributed by atoms with E-state index in [1.807, 2.05) is 30.3 Å². The van der Waals surface area contributed by atoms with Gasteiger partial charge in [-0.2, -0.15) is 0 Å². The molecule has 2 aromatic rings. The van der Waals surface area contributed by atoms with Gasteiger partial charge in [-0.1, -0.05) is 61.0 Å². The predicted molar refractivity (Wildman–Crippen MR) is 88.4 cm³/mol. The fourth-order valence-electron chi connectivity index (χ4n) is 1.96. The first kappa shape index (κ1) is 15.3. The Bertz CT molecular complexity index is 605. The second kappa shape index (κ2) is 7.65. The SMILES string of the molecule is C[C@H](CNC(=O)/C=C/c1ccc(Cl)cc1)c1ccccc1. The van der Waals surface area contributed by atoms with Crippen LogP contribution in [0.25, 0.3) is 6.08 Å². The third kappa shape index (κ3) is 5.09. The molecule has 0 aromatic heterocycles. The lowest BCUT2D eigenvalue weighted by molar-refractivity contribution is -0.116. The molecule has 0 unspecified atom stereocenters. The summed E-state index contributed by atoms with van der Waals surface area (Å²) in [7, 11) is 0. The lowest BCUT2D eigenvalue weighted by atomic mass is 10.0. The van der Waals surface area contributed by atoms with Gasteiger partial charge in [0, 0.05) is 17.6 Å². The van der Waals surface area contributed by atoms with E-state index in [1.165, 1.54) is 5.56 Å². The van der Waals surface area contributed by atoms with Gasteiger partial charge in [-0.25, -0.2) is 0 Å². The van der Waals surface area contributed by atoms with E-state index in [9.17, 15) is 4.79 Å². The minimum atomic E-state index is -0.0901. The Hall–Kier alpha value is -2.06. The molecule has 1 atom stereocenters. The van der Waals surface area contributed by atoms with Crippen molar-refractivity contribution in [2.24, 2.45) is 0 Å². The molecular formula is C18H18ClNO. The van der Waals surface area contributed by atoms with Crippen molar-refractivity contribution >= 4 is 23.6 Å². The minimum Gasteiger partial charge on any atom is -0.352 e. The number of amides is 1. The van der Waals surface area contributed by atoms with Crippen molar-refractivity contribution in [3.8, 4) is 0 Å². The van der Waals surface area contributed by atoms with E-state index in [4.69, 9.17) is 11.6 Å². The molecule has 21 heavy (non-hydrogen) atoms. The van der Waals surface area contributed by atoms with Gasteiger partial charge in [0.25, 0.3) is 0 Å². The van der Waals surface area contributed by atoms with Gasteiger partial charge in [0.05, 0.1) is 0 Å². The maximum absolute atomic E-state index is 11.8. The zero-order valence-corrected chi connectivity index (χ0v) is 12.7. The van der Waals surface area contributed by atoms with E-state index in [1.54, 1.807) is 24.3 Å². The van der Waals surface area contributed by atoms with E-state index in [-0.39, 0.29) is 5.91 Å². The van der Waals surface area contributed by atoms with Crippen LogP contribution in [0.2, 0.25) is 5.02 Å². The summed E-state index contributed by atoms with van der Waals surface area (Å²) in [5.41, 5.74) is 2.17. The van der Waals surface area contributed by atoms with Crippen LogP contribution < -0.4 is 5.32 Å². The third-order valence-electron chi connectivity index (χ3n) is 3.25. The highest BCUT2D eigenvalue weighted by Crippen LogP contribution is 2.13. The zero-order chi connectivity index (χ0) is 15.1. The average molecular weight is 300 g/mol. The molecule has 3 heteroatoms. The first-order chi connectivity index (χ1) is 10.1. The van der Waals surface area contributed by atoms with Crippen LogP contribution in [0, 0.1) is 0 Å². The summed E-state index contributed by atoms with van der Waals surface area (Å²) in [6.07, 6.45) is 3.32. The van der Waals surface area contributed by atoms with Crippen LogP contribution in [-0.2, 0) is 4.79 Å². The topological polar surface area (TPSA) is 29.1 Å². The van der Waals surface area contributed by atoms with Crippen molar-refractivity contribution in [2.45, 2.75) is 12.8 Å². The van der Waals surface area contributed by atoms with Gasteiger partial charge in [-0.05, 0) is 35.3 Å². The van der Waals surface area contributed by atoms with Crippen LogP contribution in [0.4, 0.5) is 0 Å². The lowest BCUT2D eigenvalue weighted by Crippen LogP contribution is -2.25. The molecule has 0 radical (unpaired) electrons. The summed E-state index contributed by atoms with van der Waals surface area (Å²) >= 11 is 5.81. The Labute approximate surface area is 130 Å². The molecule has 0 aliphatic heterocycles. The number of rotatable bonds is 5.